The van der Waals surface area contributed by atoms with Crippen LogP contribution in [-0.2, 0) is 14.8 Å². The lowest BCUT2D eigenvalue weighted by Crippen LogP contribution is -2.45. The highest BCUT2D eigenvalue weighted by molar-refractivity contribution is 14.0. The van der Waals surface area contributed by atoms with Crippen LogP contribution in [0.3, 0.4) is 0 Å². The SMILES string of the molecule is CCNC(=NCCNS(=O)(=O)CC)NC1CCN(C(=O)CC)C1.I. The van der Waals surface area contributed by atoms with Gasteiger partial charge in [-0.25, -0.2) is 13.1 Å². The van der Waals surface area contributed by atoms with Crippen molar-refractivity contribution in [1.82, 2.24) is 20.3 Å². The number of aliphatic imine (C=N–C) groups is 1. The molecule has 1 amide bonds. The molecular weight excluding hydrogens is 445 g/mol. The van der Waals surface area contributed by atoms with E-state index in [1.807, 2.05) is 18.7 Å². The molecule has 0 aromatic rings. The van der Waals surface area contributed by atoms with Crippen LogP contribution in [-0.4, -0.2) is 69.7 Å². The number of rotatable bonds is 8. The molecule has 0 saturated carbocycles. The molecule has 0 aromatic carbocycles. The van der Waals surface area contributed by atoms with Crippen molar-refractivity contribution in [3.05, 3.63) is 0 Å². The van der Waals surface area contributed by atoms with Crippen LogP contribution < -0.4 is 15.4 Å². The van der Waals surface area contributed by atoms with E-state index in [0.717, 1.165) is 19.5 Å². The van der Waals surface area contributed by atoms with Crippen molar-refractivity contribution >= 4 is 45.9 Å². The predicted octanol–water partition coefficient (Wildman–Crippen LogP) is 0.110. The number of nitrogens with zero attached hydrogens (tertiary/aromatic N) is 2. The molecule has 1 rings (SSSR count). The van der Waals surface area contributed by atoms with Gasteiger partial charge >= 0.3 is 0 Å². The number of hydrogen-bond acceptors (Lipinski definition) is 4. The summed E-state index contributed by atoms with van der Waals surface area (Å²) in [4.78, 5) is 17.9. The topological polar surface area (TPSA) is 103 Å². The third-order valence-electron chi connectivity index (χ3n) is 3.61. The van der Waals surface area contributed by atoms with E-state index in [4.69, 9.17) is 0 Å². The maximum Gasteiger partial charge on any atom is 0.222 e. The Morgan fingerprint density at radius 2 is 2.00 bits per heavy atom. The lowest BCUT2D eigenvalue weighted by Gasteiger charge is -2.18. The Bertz CT molecular complexity index is 513. The third-order valence-corrected chi connectivity index (χ3v) is 5.02. The van der Waals surface area contributed by atoms with Gasteiger partial charge in [0.15, 0.2) is 5.96 Å². The Morgan fingerprint density at radius 1 is 1.29 bits per heavy atom. The average molecular weight is 475 g/mol. The second kappa shape index (κ2) is 11.9. The van der Waals surface area contributed by atoms with Gasteiger partial charge in [0.05, 0.1) is 12.3 Å². The zero-order chi connectivity index (χ0) is 17.3. The second-order valence-electron chi connectivity index (χ2n) is 5.38. The minimum Gasteiger partial charge on any atom is -0.357 e. The molecule has 3 N–H and O–H groups in total. The van der Waals surface area contributed by atoms with Gasteiger partial charge in [0, 0.05) is 38.6 Å². The molecule has 0 aliphatic carbocycles. The van der Waals surface area contributed by atoms with Gasteiger partial charge in [-0.15, -0.1) is 24.0 Å². The van der Waals surface area contributed by atoms with Crippen LogP contribution in [0.25, 0.3) is 0 Å². The van der Waals surface area contributed by atoms with Gasteiger partial charge in [0.25, 0.3) is 0 Å². The van der Waals surface area contributed by atoms with Crippen molar-refractivity contribution in [1.29, 1.82) is 0 Å². The van der Waals surface area contributed by atoms with E-state index in [9.17, 15) is 13.2 Å². The van der Waals surface area contributed by atoms with Crippen molar-refractivity contribution in [3.8, 4) is 0 Å². The molecule has 10 heteroatoms. The molecule has 0 aromatic heterocycles. The molecule has 0 spiro atoms. The average Bonchev–Trinajstić information content (AvgIpc) is 2.99. The molecule has 0 radical (unpaired) electrons. The molecule has 0 bridgehead atoms. The first-order chi connectivity index (χ1) is 10.9. The van der Waals surface area contributed by atoms with Crippen LogP contribution >= 0.6 is 24.0 Å². The van der Waals surface area contributed by atoms with Crippen LogP contribution in [0.15, 0.2) is 4.99 Å². The molecule has 1 aliphatic heterocycles. The van der Waals surface area contributed by atoms with Crippen LogP contribution in [0, 0.1) is 0 Å². The van der Waals surface area contributed by atoms with Gasteiger partial charge < -0.3 is 15.5 Å². The molecule has 1 atom stereocenters. The lowest BCUT2D eigenvalue weighted by atomic mass is 10.3. The summed E-state index contributed by atoms with van der Waals surface area (Å²) < 4.78 is 25.2. The van der Waals surface area contributed by atoms with Crippen LogP contribution in [0.2, 0.25) is 0 Å². The maximum absolute atomic E-state index is 11.7. The van der Waals surface area contributed by atoms with Crippen LogP contribution in [0.5, 0.6) is 0 Å². The molecular formula is C14H30IN5O3S. The van der Waals surface area contributed by atoms with Gasteiger partial charge in [-0.3, -0.25) is 9.79 Å². The highest BCUT2D eigenvalue weighted by Crippen LogP contribution is 2.10. The van der Waals surface area contributed by atoms with Crippen molar-refractivity contribution in [2.45, 2.75) is 39.7 Å². The Hall–Kier alpha value is -0.620. The van der Waals surface area contributed by atoms with Crippen molar-refractivity contribution in [2.24, 2.45) is 4.99 Å². The third kappa shape index (κ3) is 8.47. The number of nitrogens with one attached hydrogen (secondary N) is 3. The first kappa shape index (κ1) is 23.4. The van der Waals surface area contributed by atoms with Gasteiger partial charge in [-0.2, -0.15) is 0 Å². The normalized spacial score (nSPS) is 18.2. The smallest absolute Gasteiger partial charge is 0.222 e. The van der Waals surface area contributed by atoms with E-state index in [2.05, 4.69) is 20.3 Å². The van der Waals surface area contributed by atoms with Gasteiger partial charge in [-0.1, -0.05) is 6.92 Å². The largest absolute Gasteiger partial charge is 0.357 e. The number of carbonyl (C=O) groups is 1. The molecule has 1 fully saturated rings. The Balaban J connectivity index is 0.00000529. The Morgan fingerprint density at radius 3 is 2.58 bits per heavy atom. The van der Waals surface area contributed by atoms with Crippen LogP contribution in [0.4, 0.5) is 0 Å². The fourth-order valence-corrected chi connectivity index (χ4v) is 2.92. The van der Waals surface area contributed by atoms with Gasteiger partial charge in [0.1, 0.15) is 0 Å². The molecule has 1 heterocycles. The Kier molecular flexibility index (Phi) is 11.5. The molecule has 8 nitrogen and oxygen atoms in total. The summed E-state index contributed by atoms with van der Waals surface area (Å²) in [7, 11) is -3.18. The van der Waals surface area contributed by atoms with Crippen molar-refractivity contribution < 1.29 is 13.2 Å². The zero-order valence-corrected chi connectivity index (χ0v) is 17.8. The first-order valence-electron chi connectivity index (χ1n) is 8.21. The molecule has 1 unspecified atom stereocenters. The van der Waals surface area contributed by atoms with E-state index in [0.29, 0.717) is 25.5 Å². The molecule has 24 heavy (non-hydrogen) atoms. The number of sulfonamides is 1. The maximum atomic E-state index is 11.7. The molecule has 142 valence electrons. The monoisotopic (exact) mass is 475 g/mol. The summed E-state index contributed by atoms with van der Waals surface area (Å²) in [6.07, 6.45) is 1.41. The summed E-state index contributed by atoms with van der Waals surface area (Å²) in [5, 5.41) is 6.44. The minimum atomic E-state index is -3.18. The fraction of sp³-hybridized carbons (Fsp3) is 0.857. The summed E-state index contributed by atoms with van der Waals surface area (Å²) in [6.45, 7) is 8.23. The fourth-order valence-electron chi connectivity index (χ4n) is 2.31. The number of hydrogen-bond donors (Lipinski definition) is 3. The first-order valence-corrected chi connectivity index (χ1v) is 9.87. The summed E-state index contributed by atoms with van der Waals surface area (Å²) in [5.41, 5.74) is 0. The van der Waals surface area contributed by atoms with E-state index in [1.165, 1.54) is 0 Å². The van der Waals surface area contributed by atoms with Gasteiger partial charge in [0.2, 0.25) is 15.9 Å². The number of guanidine groups is 1. The number of carbonyl (C=O) groups excluding carboxylic acids is 1. The zero-order valence-electron chi connectivity index (χ0n) is 14.7. The summed E-state index contributed by atoms with van der Waals surface area (Å²) in [5.74, 6) is 0.891. The van der Waals surface area contributed by atoms with Crippen LogP contribution in [0.1, 0.15) is 33.6 Å². The molecule has 1 saturated heterocycles. The lowest BCUT2D eigenvalue weighted by molar-refractivity contribution is -0.129. The molecule has 1 aliphatic rings. The summed E-state index contributed by atoms with van der Waals surface area (Å²) in [6, 6.07) is 0.177. The number of amides is 1. The highest BCUT2D eigenvalue weighted by Gasteiger charge is 2.25. The standard InChI is InChI=1S/C14H29N5O3S.HI/c1-4-13(20)19-10-7-12(11-19)18-14(15-5-2)16-8-9-17-23(21,22)6-3;/h12,17H,4-11H2,1-3H3,(H2,15,16,18);1H. The van der Waals surface area contributed by atoms with Gasteiger partial charge in [-0.05, 0) is 20.3 Å². The van der Waals surface area contributed by atoms with Crippen molar-refractivity contribution in [3.63, 3.8) is 0 Å². The summed E-state index contributed by atoms with van der Waals surface area (Å²) >= 11 is 0. The Labute approximate surface area is 162 Å². The minimum absolute atomic E-state index is 0. The number of likely N-dealkylation sites (tertiary alicyclic amines) is 1. The van der Waals surface area contributed by atoms with Crippen molar-refractivity contribution in [2.75, 3.05) is 38.5 Å². The number of halogens is 1. The quantitative estimate of drug-likeness (QED) is 0.200. The van der Waals surface area contributed by atoms with E-state index in [-0.39, 0.29) is 48.2 Å². The second-order valence-corrected chi connectivity index (χ2v) is 7.48. The van der Waals surface area contributed by atoms with E-state index < -0.39 is 10.0 Å². The highest BCUT2D eigenvalue weighted by atomic mass is 127. The predicted molar refractivity (Wildman–Crippen MR) is 107 cm³/mol. The van der Waals surface area contributed by atoms with E-state index >= 15 is 0 Å². The van der Waals surface area contributed by atoms with E-state index in [1.54, 1.807) is 6.92 Å².